The minimum absolute atomic E-state index is 0.0488. The van der Waals surface area contributed by atoms with Gasteiger partial charge >= 0.3 is 0 Å². The highest BCUT2D eigenvalue weighted by Gasteiger charge is 2.31. The largest absolute Gasteiger partial charge is 0.396 e. The van der Waals surface area contributed by atoms with E-state index in [0.29, 0.717) is 17.9 Å². The van der Waals surface area contributed by atoms with Crippen LogP contribution in [-0.4, -0.2) is 34.3 Å². The summed E-state index contributed by atoms with van der Waals surface area (Å²) in [6.45, 7) is 0.800. The van der Waals surface area contributed by atoms with E-state index in [4.69, 9.17) is 4.52 Å². The Kier molecular flexibility index (Phi) is 5.25. The van der Waals surface area contributed by atoms with Crippen LogP contribution in [0.4, 0.5) is 0 Å². The van der Waals surface area contributed by atoms with Gasteiger partial charge in [0.2, 0.25) is 12.2 Å². The average Bonchev–Trinajstić information content (AvgIpc) is 3.16. The summed E-state index contributed by atoms with van der Waals surface area (Å²) in [6.07, 6.45) is 7.78. The summed E-state index contributed by atoms with van der Waals surface area (Å²) in [5.74, 6) is 0.420. The Hall–Kier alpha value is -2.21. The van der Waals surface area contributed by atoms with Crippen molar-refractivity contribution in [2.24, 2.45) is 5.41 Å². The minimum Gasteiger partial charge on any atom is -0.396 e. The first-order valence-electron chi connectivity index (χ1n) is 8.48. The number of amides is 1. The SMILES string of the molecule is O=C(NCC1(CCO)CCCCC1)c1ccc(-c2ncon2)cc1. The van der Waals surface area contributed by atoms with Crippen molar-refractivity contribution in [1.82, 2.24) is 15.5 Å². The molecule has 0 atom stereocenters. The fraction of sp³-hybridized carbons (Fsp3) is 0.500. The number of aliphatic hydroxyl groups is 1. The number of nitrogens with one attached hydrogen (secondary N) is 1. The predicted molar refractivity (Wildman–Crippen MR) is 89.3 cm³/mol. The first kappa shape index (κ1) is 16.6. The van der Waals surface area contributed by atoms with Crippen LogP contribution in [-0.2, 0) is 0 Å². The van der Waals surface area contributed by atoms with Gasteiger partial charge in [-0.2, -0.15) is 4.98 Å². The monoisotopic (exact) mass is 329 g/mol. The number of carbonyl (C=O) groups is 1. The van der Waals surface area contributed by atoms with E-state index in [1.807, 2.05) is 12.1 Å². The van der Waals surface area contributed by atoms with Gasteiger partial charge < -0.3 is 14.9 Å². The van der Waals surface area contributed by atoms with E-state index in [9.17, 15) is 9.90 Å². The molecule has 1 amide bonds. The number of hydrogen-bond acceptors (Lipinski definition) is 5. The minimum atomic E-state index is -0.0856. The number of aliphatic hydroxyl groups excluding tert-OH is 1. The smallest absolute Gasteiger partial charge is 0.251 e. The van der Waals surface area contributed by atoms with Crippen molar-refractivity contribution in [3.05, 3.63) is 36.2 Å². The topological polar surface area (TPSA) is 88.2 Å². The molecule has 0 unspecified atom stereocenters. The van der Waals surface area contributed by atoms with E-state index in [1.54, 1.807) is 12.1 Å². The Bertz CT molecular complexity index is 641. The summed E-state index contributed by atoms with van der Waals surface area (Å²) in [4.78, 5) is 16.4. The summed E-state index contributed by atoms with van der Waals surface area (Å²) < 4.78 is 4.73. The van der Waals surface area contributed by atoms with Gasteiger partial charge in [-0.25, -0.2) is 0 Å². The number of hydrogen-bond donors (Lipinski definition) is 2. The van der Waals surface area contributed by atoms with Crippen LogP contribution in [0.3, 0.4) is 0 Å². The number of rotatable bonds is 6. The second kappa shape index (κ2) is 7.57. The molecule has 1 saturated carbocycles. The maximum absolute atomic E-state index is 12.4. The highest BCUT2D eigenvalue weighted by Crippen LogP contribution is 2.38. The summed E-state index contributed by atoms with van der Waals surface area (Å²) in [7, 11) is 0. The van der Waals surface area contributed by atoms with Gasteiger partial charge in [0, 0.05) is 24.3 Å². The van der Waals surface area contributed by atoms with Gasteiger partial charge in [0.15, 0.2) is 0 Å². The van der Waals surface area contributed by atoms with Crippen molar-refractivity contribution in [3.8, 4) is 11.4 Å². The predicted octanol–water partition coefficient (Wildman–Crippen LogP) is 2.80. The molecule has 1 aromatic carbocycles. The van der Waals surface area contributed by atoms with Crippen LogP contribution in [0.2, 0.25) is 0 Å². The first-order valence-corrected chi connectivity index (χ1v) is 8.48. The zero-order valence-electron chi connectivity index (χ0n) is 13.7. The molecule has 6 heteroatoms. The van der Waals surface area contributed by atoms with E-state index in [1.165, 1.54) is 25.7 Å². The molecule has 24 heavy (non-hydrogen) atoms. The maximum Gasteiger partial charge on any atom is 0.251 e. The Labute approximate surface area is 141 Å². The molecule has 3 rings (SSSR count). The van der Waals surface area contributed by atoms with Gasteiger partial charge in [0.05, 0.1) is 0 Å². The standard InChI is InChI=1S/C18H23N3O3/c22-11-10-18(8-2-1-3-9-18)12-19-17(23)15-6-4-14(5-7-15)16-20-13-24-21-16/h4-7,13,22H,1-3,8-12H2,(H,19,23). The van der Waals surface area contributed by atoms with Crippen molar-refractivity contribution in [2.75, 3.05) is 13.2 Å². The van der Waals surface area contributed by atoms with E-state index in [-0.39, 0.29) is 17.9 Å². The number of nitrogens with zero attached hydrogens (tertiary/aromatic N) is 2. The lowest BCUT2D eigenvalue weighted by Gasteiger charge is -2.37. The lowest BCUT2D eigenvalue weighted by atomic mass is 9.72. The molecule has 6 nitrogen and oxygen atoms in total. The van der Waals surface area contributed by atoms with Crippen molar-refractivity contribution in [3.63, 3.8) is 0 Å². The van der Waals surface area contributed by atoms with Crippen LogP contribution in [0.5, 0.6) is 0 Å². The van der Waals surface area contributed by atoms with Crippen LogP contribution < -0.4 is 5.32 Å². The van der Waals surface area contributed by atoms with E-state index < -0.39 is 0 Å². The Balaban J connectivity index is 1.62. The molecular formula is C18H23N3O3. The molecule has 0 spiro atoms. The summed E-state index contributed by atoms with van der Waals surface area (Å²) in [5, 5.41) is 16.2. The van der Waals surface area contributed by atoms with Crippen molar-refractivity contribution < 1.29 is 14.4 Å². The third-order valence-electron chi connectivity index (χ3n) is 4.95. The van der Waals surface area contributed by atoms with E-state index in [0.717, 1.165) is 24.8 Å². The quantitative estimate of drug-likeness (QED) is 0.851. The summed E-state index contributed by atoms with van der Waals surface area (Å²) in [5.41, 5.74) is 1.47. The molecule has 0 radical (unpaired) electrons. The van der Waals surface area contributed by atoms with E-state index >= 15 is 0 Å². The molecule has 1 aliphatic rings. The Morgan fingerprint density at radius 2 is 1.96 bits per heavy atom. The molecule has 2 aromatic rings. The van der Waals surface area contributed by atoms with Crippen LogP contribution in [0, 0.1) is 5.41 Å². The molecule has 1 aliphatic carbocycles. The van der Waals surface area contributed by atoms with Gasteiger partial charge in [-0.05, 0) is 36.8 Å². The number of aromatic nitrogens is 2. The second-order valence-corrected chi connectivity index (χ2v) is 6.55. The van der Waals surface area contributed by atoms with Crippen molar-refractivity contribution in [1.29, 1.82) is 0 Å². The fourth-order valence-corrected chi connectivity index (χ4v) is 3.49. The molecule has 1 heterocycles. The third-order valence-corrected chi connectivity index (χ3v) is 4.95. The fourth-order valence-electron chi connectivity index (χ4n) is 3.49. The average molecular weight is 329 g/mol. The van der Waals surface area contributed by atoms with Crippen LogP contribution in [0.15, 0.2) is 35.2 Å². The molecule has 1 aromatic heterocycles. The highest BCUT2D eigenvalue weighted by atomic mass is 16.5. The van der Waals surface area contributed by atoms with Crippen molar-refractivity contribution in [2.45, 2.75) is 38.5 Å². The van der Waals surface area contributed by atoms with Crippen molar-refractivity contribution >= 4 is 5.91 Å². The van der Waals surface area contributed by atoms with Gasteiger partial charge in [-0.1, -0.05) is 36.6 Å². The van der Waals surface area contributed by atoms with Gasteiger partial charge in [0.1, 0.15) is 0 Å². The zero-order valence-corrected chi connectivity index (χ0v) is 13.7. The Morgan fingerprint density at radius 1 is 1.21 bits per heavy atom. The molecule has 2 N–H and O–H groups in total. The number of benzene rings is 1. The van der Waals surface area contributed by atoms with Crippen LogP contribution in [0.25, 0.3) is 11.4 Å². The molecule has 0 aliphatic heterocycles. The van der Waals surface area contributed by atoms with Gasteiger partial charge in [-0.3, -0.25) is 4.79 Å². The highest BCUT2D eigenvalue weighted by molar-refractivity contribution is 5.94. The lowest BCUT2D eigenvalue weighted by molar-refractivity contribution is 0.0869. The lowest BCUT2D eigenvalue weighted by Crippen LogP contribution is -2.39. The summed E-state index contributed by atoms with van der Waals surface area (Å²) in [6, 6.07) is 7.15. The van der Waals surface area contributed by atoms with E-state index in [2.05, 4.69) is 15.5 Å². The third kappa shape index (κ3) is 3.82. The maximum atomic E-state index is 12.4. The molecule has 128 valence electrons. The van der Waals surface area contributed by atoms with Crippen LogP contribution in [0.1, 0.15) is 48.9 Å². The van der Waals surface area contributed by atoms with Gasteiger partial charge in [-0.15, -0.1) is 0 Å². The molecule has 0 saturated heterocycles. The molecule has 1 fully saturated rings. The normalized spacial score (nSPS) is 16.7. The number of carbonyl (C=O) groups excluding carboxylic acids is 1. The first-order chi connectivity index (χ1) is 11.7. The Morgan fingerprint density at radius 3 is 2.58 bits per heavy atom. The van der Waals surface area contributed by atoms with Crippen LogP contribution >= 0.6 is 0 Å². The molecule has 0 bridgehead atoms. The molecular weight excluding hydrogens is 306 g/mol. The zero-order chi connectivity index (χ0) is 16.8. The second-order valence-electron chi connectivity index (χ2n) is 6.55. The van der Waals surface area contributed by atoms with Gasteiger partial charge in [0.25, 0.3) is 5.91 Å². The summed E-state index contributed by atoms with van der Waals surface area (Å²) >= 11 is 0.